The first kappa shape index (κ1) is 18.3. The van der Waals surface area contributed by atoms with Crippen molar-refractivity contribution in [1.82, 2.24) is 19.7 Å². The van der Waals surface area contributed by atoms with Gasteiger partial charge in [0.1, 0.15) is 5.75 Å². The summed E-state index contributed by atoms with van der Waals surface area (Å²) < 4.78 is 12.6. The summed E-state index contributed by atoms with van der Waals surface area (Å²) in [5.41, 5.74) is 0.948. The minimum absolute atomic E-state index is 0.218. The molecule has 0 radical (unpaired) electrons. The van der Waals surface area contributed by atoms with Gasteiger partial charge < -0.3 is 14.8 Å². The van der Waals surface area contributed by atoms with Gasteiger partial charge in [0, 0.05) is 19.7 Å². The van der Waals surface area contributed by atoms with Crippen LogP contribution in [0.1, 0.15) is 31.1 Å². The van der Waals surface area contributed by atoms with Crippen LogP contribution in [0.2, 0.25) is 0 Å². The van der Waals surface area contributed by atoms with Gasteiger partial charge in [0.05, 0.1) is 35.5 Å². The number of rotatable bonds is 6. The van der Waals surface area contributed by atoms with Crippen molar-refractivity contribution < 1.29 is 19.1 Å². The highest BCUT2D eigenvalue weighted by molar-refractivity contribution is 5.97. The predicted octanol–water partition coefficient (Wildman–Crippen LogP) is 2.77. The molecule has 2 heterocycles. The molecule has 0 bridgehead atoms. The fourth-order valence-corrected chi connectivity index (χ4v) is 2.45. The van der Waals surface area contributed by atoms with E-state index in [2.05, 4.69) is 20.4 Å². The number of nitrogens with one attached hydrogen (secondary N) is 1. The van der Waals surface area contributed by atoms with E-state index in [-0.39, 0.29) is 18.4 Å². The number of fused-ring (bicyclic) bond motifs is 1. The fraction of sp³-hybridized carbons (Fsp3) is 0.278. The molecule has 0 atom stereocenters. The van der Waals surface area contributed by atoms with Crippen LogP contribution in [0.4, 0.5) is 5.82 Å². The van der Waals surface area contributed by atoms with Gasteiger partial charge in [-0.3, -0.25) is 9.48 Å². The average molecular weight is 369 g/mol. The van der Waals surface area contributed by atoms with Gasteiger partial charge in [0.2, 0.25) is 11.8 Å². The molecule has 2 aromatic heterocycles. The van der Waals surface area contributed by atoms with E-state index < -0.39 is 5.97 Å². The lowest BCUT2D eigenvalue weighted by Gasteiger charge is -2.08. The number of aryl methyl sites for hydroxylation is 1. The highest BCUT2D eigenvalue weighted by Crippen LogP contribution is 2.30. The predicted molar refractivity (Wildman–Crippen MR) is 97.8 cm³/mol. The molecular weight excluding hydrogens is 350 g/mol. The molecule has 0 saturated carbocycles. The number of ether oxygens (including phenoxy) is 2. The Labute approximate surface area is 155 Å². The molecule has 0 aliphatic rings. The van der Waals surface area contributed by atoms with E-state index in [1.165, 1.54) is 19.3 Å². The molecule has 27 heavy (non-hydrogen) atoms. The fourth-order valence-electron chi connectivity index (χ4n) is 2.45. The second-order valence-corrected chi connectivity index (χ2v) is 5.64. The van der Waals surface area contributed by atoms with E-state index in [0.29, 0.717) is 29.2 Å². The zero-order chi connectivity index (χ0) is 19.4. The van der Waals surface area contributed by atoms with E-state index in [1.54, 1.807) is 23.7 Å². The first-order valence-corrected chi connectivity index (χ1v) is 8.46. The zero-order valence-electron chi connectivity index (χ0n) is 15.2. The summed E-state index contributed by atoms with van der Waals surface area (Å²) >= 11 is 0. The molecule has 9 heteroatoms. The molecule has 1 amide bonds. The molecule has 140 valence electrons. The number of esters is 1. The number of hydrogen-bond acceptors (Lipinski definition) is 7. The summed E-state index contributed by atoms with van der Waals surface area (Å²) in [6.45, 7) is 6.03. The lowest BCUT2D eigenvalue weighted by Crippen LogP contribution is -2.07. The second-order valence-electron chi connectivity index (χ2n) is 5.64. The number of carbonyl (C=O) groups is 2. The van der Waals surface area contributed by atoms with E-state index in [0.717, 1.165) is 5.39 Å². The summed E-state index contributed by atoms with van der Waals surface area (Å²) in [5.74, 6) is 0.253. The number of hydrogen-bond donors (Lipinski definition) is 1. The minimum atomic E-state index is -0.456. The normalized spacial score (nSPS) is 10.6. The molecule has 3 rings (SSSR count). The Morgan fingerprint density at radius 2 is 2.00 bits per heavy atom. The minimum Gasteiger partial charge on any atom is -0.462 e. The number of nitrogens with zero attached hydrogens (tertiary/aromatic N) is 4. The number of benzene rings is 1. The van der Waals surface area contributed by atoms with Crippen LogP contribution in [-0.4, -0.2) is 38.2 Å². The molecule has 0 spiro atoms. The van der Waals surface area contributed by atoms with Gasteiger partial charge in [0.25, 0.3) is 0 Å². The molecule has 0 aliphatic heterocycles. The van der Waals surface area contributed by atoms with Crippen LogP contribution in [0.5, 0.6) is 11.6 Å². The lowest BCUT2D eigenvalue weighted by molar-refractivity contribution is -0.114. The monoisotopic (exact) mass is 369 g/mol. The maximum atomic E-state index is 12.1. The van der Waals surface area contributed by atoms with Crippen molar-refractivity contribution in [2.45, 2.75) is 27.3 Å². The van der Waals surface area contributed by atoms with Gasteiger partial charge in [-0.1, -0.05) is 0 Å². The van der Waals surface area contributed by atoms with Crippen LogP contribution >= 0.6 is 0 Å². The second kappa shape index (κ2) is 7.81. The summed E-state index contributed by atoms with van der Waals surface area (Å²) in [7, 11) is 0. The van der Waals surface area contributed by atoms with Crippen LogP contribution in [0.25, 0.3) is 10.9 Å². The van der Waals surface area contributed by atoms with Crippen molar-refractivity contribution in [1.29, 1.82) is 0 Å². The third-order valence-electron chi connectivity index (χ3n) is 3.62. The number of carbonyl (C=O) groups excluding carboxylic acids is 2. The van der Waals surface area contributed by atoms with Crippen molar-refractivity contribution in [2.75, 3.05) is 11.9 Å². The van der Waals surface area contributed by atoms with Crippen molar-refractivity contribution >= 4 is 28.6 Å². The van der Waals surface area contributed by atoms with Gasteiger partial charge in [0.15, 0.2) is 5.82 Å². The summed E-state index contributed by atoms with van der Waals surface area (Å²) in [6.07, 6.45) is 4.61. The Hall–Kier alpha value is -3.49. The van der Waals surface area contributed by atoms with Gasteiger partial charge in [-0.2, -0.15) is 5.10 Å². The van der Waals surface area contributed by atoms with Crippen LogP contribution < -0.4 is 10.1 Å². The summed E-state index contributed by atoms with van der Waals surface area (Å²) in [5, 5.41) is 7.69. The number of anilines is 1. The Bertz CT molecular complexity index is 981. The molecule has 0 saturated heterocycles. The van der Waals surface area contributed by atoms with Gasteiger partial charge >= 0.3 is 5.97 Å². The molecule has 3 aromatic rings. The molecule has 0 aliphatic carbocycles. The highest BCUT2D eigenvalue weighted by Gasteiger charge is 2.16. The largest absolute Gasteiger partial charge is 0.462 e. The Morgan fingerprint density at radius 1 is 1.19 bits per heavy atom. The van der Waals surface area contributed by atoms with Crippen molar-refractivity contribution in [2.24, 2.45) is 0 Å². The topological polar surface area (TPSA) is 108 Å². The van der Waals surface area contributed by atoms with E-state index >= 15 is 0 Å². The highest BCUT2D eigenvalue weighted by atomic mass is 16.5. The third-order valence-corrected chi connectivity index (χ3v) is 3.62. The van der Waals surface area contributed by atoms with E-state index in [4.69, 9.17) is 9.47 Å². The van der Waals surface area contributed by atoms with Crippen molar-refractivity contribution in [3.8, 4) is 11.6 Å². The average Bonchev–Trinajstić information content (AvgIpc) is 3.06. The summed E-state index contributed by atoms with van der Waals surface area (Å²) in [4.78, 5) is 31.4. The van der Waals surface area contributed by atoms with Gasteiger partial charge in [-0.25, -0.2) is 14.8 Å². The van der Waals surface area contributed by atoms with Crippen LogP contribution in [0, 0.1) is 0 Å². The molecular formula is C18H19N5O4. The van der Waals surface area contributed by atoms with Crippen LogP contribution in [0.3, 0.4) is 0 Å². The molecule has 1 N–H and O–H groups in total. The summed E-state index contributed by atoms with van der Waals surface area (Å²) in [6, 6.07) is 3.25. The van der Waals surface area contributed by atoms with Crippen LogP contribution in [0.15, 0.2) is 30.7 Å². The van der Waals surface area contributed by atoms with Gasteiger partial charge in [-0.05, 0) is 26.0 Å². The van der Waals surface area contributed by atoms with Gasteiger partial charge in [-0.15, -0.1) is 0 Å². The Balaban J connectivity index is 1.97. The number of aromatic nitrogens is 4. The van der Waals surface area contributed by atoms with Crippen molar-refractivity contribution in [3.05, 3.63) is 36.3 Å². The first-order chi connectivity index (χ1) is 13.0. The number of amides is 1. The molecule has 0 unspecified atom stereocenters. The quantitative estimate of drug-likeness (QED) is 0.666. The molecule has 0 fully saturated rings. The Morgan fingerprint density at radius 3 is 2.63 bits per heavy atom. The smallest absolute Gasteiger partial charge is 0.338 e. The zero-order valence-corrected chi connectivity index (χ0v) is 15.2. The standard InChI is InChI=1S/C18H19N5O4/c1-4-23-10-13-14(22-23)6-12(18(25)26-5-2)7-15(13)27-17-9-19-16(8-20-17)21-11(3)24/h6-10H,4-5H2,1-3H3,(H,19,21,24). The molecule has 1 aromatic carbocycles. The maximum Gasteiger partial charge on any atom is 0.338 e. The maximum absolute atomic E-state index is 12.1. The molecule has 9 nitrogen and oxygen atoms in total. The first-order valence-electron chi connectivity index (χ1n) is 8.46. The SMILES string of the molecule is CCOC(=O)c1cc(Oc2cnc(NC(C)=O)cn2)c2cn(CC)nc2c1. The Kier molecular flexibility index (Phi) is 5.30. The lowest BCUT2D eigenvalue weighted by atomic mass is 10.1. The van der Waals surface area contributed by atoms with Crippen molar-refractivity contribution in [3.63, 3.8) is 0 Å². The van der Waals surface area contributed by atoms with E-state index in [1.807, 2.05) is 13.1 Å². The van der Waals surface area contributed by atoms with Crippen LogP contribution in [-0.2, 0) is 16.1 Å². The van der Waals surface area contributed by atoms with E-state index in [9.17, 15) is 9.59 Å². The third kappa shape index (κ3) is 4.20.